The molecule has 3 N–H and O–H groups in total. The second-order valence-corrected chi connectivity index (χ2v) is 4.35. The summed E-state index contributed by atoms with van der Waals surface area (Å²) < 4.78 is 5.59. The van der Waals surface area contributed by atoms with E-state index < -0.39 is 0 Å². The number of nitrogens with one attached hydrogen (secondary N) is 1. The van der Waals surface area contributed by atoms with Crippen molar-refractivity contribution in [1.29, 1.82) is 0 Å². The van der Waals surface area contributed by atoms with E-state index in [0.717, 1.165) is 40.0 Å². The van der Waals surface area contributed by atoms with Crippen LogP contribution in [0.1, 0.15) is 18.3 Å². The maximum atomic E-state index is 5.67. The molecule has 0 amide bonds. The van der Waals surface area contributed by atoms with E-state index in [9.17, 15) is 0 Å². The van der Waals surface area contributed by atoms with Crippen LogP contribution in [0.5, 0.6) is 0 Å². The Morgan fingerprint density at radius 1 is 1.33 bits per heavy atom. The van der Waals surface area contributed by atoms with E-state index in [-0.39, 0.29) is 6.01 Å². The van der Waals surface area contributed by atoms with Crippen molar-refractivity contribution in [2.45, 2.75) is 20.3 Å². The lowest BCUT2D eigenvalue weighted by molar-refractivity contribution is 0.593. The predicted molar refractivity (Wildman–Crippen MR) is 72.3 cm³/mol. The van der Waals surface area contributed by atoms with Crippen molar-refractivity contribution in [3.05, 3.63) is 35.7 Å². The number of rotatable bonds is 2. The molecule has 3 aromatic rings. The maximum Gasteiger partial charge on any atom is 0.292 e. The molecule has 92 valence electrons. The first kappa shape index (κ1) is 10.9. The number of nitrogens with two attached hydrogens (primary N) is 1. The molecule has 0 aliphatic carbocycles. The lowest BCUT2D eigenvalue weighted by Gasteiger charge is -1.99. The van der Waals surface area contributed by atoms with Crippen molar-refractivity contribution in [3.8, 4) is 11.3 Å². The number of hydrogen-bond donors (Lipinski definition) is 2. The third-order valence-corrected chi connectivity index (χ3v) is 3.17. The Balaban J connectivity index is 2.33. The molecular weight excluding hydrogens is 226 g/mol. The number of aromatic nitrogens is 2. The molecular formula is C14H15N3O. The number of anilines is 1. The number of fused-ring (bicyclic) bond motifs is 1. The Morgan fingerprint density at radius 3 is 2.89 bits per heavy atom. The molecule has 4 heteroatoms. The summed E-state index contributed by atoms with van der Waals surface area (Å²) in [6.45, 7) is 4.08. The Labute approximate surface area is 105 Å². The fourth-order valence-corrected chi connectivity index (χ4v) is 2.37. The van der Waals surface area contributed by atoms with Crippen molar-refractivity contribution >= 4 is 16.9 Å². The molecule has 0 fully saturated rings. The minimum absolute atomic E-state index is 0.228. The number of H-pyrrole nitrogens is 1. The normalized spacial score (nSPS) is 11.2. The fourth-order valence-electron chi connectivity index (χ4n) is 2.37. The fraction of sp³-hybridized carbons (Fsp3) is 0.214. The average Bonchev–Trinajstić information content (AvgIpc) is 2.87. The molecule has 0 saturated heterocycles. The first-order chi connectivity index (χ1) is 8.70. The topological polar surface area (TPSA) is 67.8 Å². The molecule has 1 aromatic carbocycles. The van der Waals surface area contributed by atoms with Gasteiger partial charge >= 0.3 is 0 Å². The first-order valence-corrected chi connectivity index (χ1v) is 6.03. The molecule has 18 heavy (non-hydrogen) atoms. The number of hydrogen-bond acceptors (Lipinski definition) is 3. The van der Waals surface area contributed by atoms with Gasteiger partial charge in [-0.2, -0.15) is 4.98 Å². The molecule has 4 nitrogen and oxygen atoms in total. The summed E-state index contributed by atoms with van der Waals surface area (Å²) in [5.74, 6) is 0.782. The number of para-hydroxylation sites is 1. The van der Waals surface area contributed by atoms with Crippen molar-refractivity contribution in [1.82, 2.24) is 9.97 Å². The largest absolute Gasteiger partial charge is 0.423 e. The highest BCUT2D eigenvalue weighted by molar-refractivity contribution is 5.96. The lowest BCUT2D eigenvalue weighted by atomic mass is 10.1. The number of nitrogens with zero attached hydrogens (tertiary/aromatic N) is 1. The van der Waals surface area contributed by atoms with E-state index >= 15 is 0 Å². The minimum atomic E-state index is 0.228. The summed E-state index contributed by atoms with van der Waals surface area (Å²) in [5, 5.41) is 1.14. The quantitative estimate of drug-likeness (QED) is 0.723. The minimum Gasteiger partial charge on any atom is -0.423 e. The molecule has 0 atom stereocenters. The van der Waals surface area contributed by atoms with Gasteiger partial charge in [0.05, 0.1) is 5.69 Å². The van der Waals surface area contributed by atoms with Gasteiger partial charge in [-0.05, 0) is 19.4 Å². The third-order valence-electron chi connectivity index (χ3n) is 3.17. The summed E-state index contributed by atoms with van der Waals surface area (Å²) in [7, 11) is 0. The van der Waals surface area contributed by atoms with Crippen molar-refractivity contribution in [3.63, 3.8) is 0 Å². The zero-order valence-electron chi connectivity index (χ0n) is 10.4. The van der Waals surface area contributed by atoms with E-state index in [2.05, 4.69) is 22.1 Å². The van der Waals surface area contributed by atoms with E-state index in [0.29, 0.717) is 0 Å². The van der Waals surface area contributed by atoms with Gasteiger partial charge in [-0.15, -0.1) is 0 Å². The summed E-state index contributed by atoms with van der Waals surface area (Å²) in [6.07, 6.45) is 0.801. The van der Waals surface area contributed by atoms with Gasteiger partial charge in [-0.1, -0.05) is 25.1 Å². The molecule has 0 aliphatic rings. The van der Waals surface area contributed by atoms with E-state index in [1.165, 1.54) is 0 Å². The predicted octanol–water partition coefficient (Wildman–Crippen LogP) is 3.28. The van der Waals surface area contributed by atoms with Gasteiger partial charge in [0.1, 0.15) is 0 Å². The van der Waals surface area contributed by atoms with Crippen LogP contribution in [0.3, 0.4) is 0 Å². The van der Waals surface area contributed by atoms with E-state index in [1.807, 2.05) is 26.0 Å². The molecule has 2 aromatic heterocycles. The number of aromatic amines is 1. The Hall–Kier alpha value is -2.23. The van der Waals surface area contributed by atoms with Gasteiger partial charge in [-0.25, -0.2) is 0 Å². The molecule has 0 radical (unpaired) electrons. The van der Waals surface area contributed by atoms with Crippen molar-refractivity contribution < 1.29 is 4.42 Å². The second-order valence-electron chi connectivity index (χ2n) is 4.35. The monoisotopic (exact) mass is 241 g/mol. The molecule has 0 aliphatic heterocycles. The summed E-state index contributed by atoms with van der Waals surface area (Å²) >= 11 is 0. The van der Waals surface area contributed by atoms with Gasteiger partial charge in [0, 0.05) is 22.2 Å². The van der Waals surface area contributed by atoms with Crippen LogP contribution in [0.4, 0.5) is 6.01 Å². The molecule has 0 unspecified atom stereocenters. The highest BCUT2D eigenvalue weighted by atomic mass is 16.4. The highest BCUT2D eigenvalue weighted by Crippen LogP contribution is 2.35. The van der Waals surface area contributed by atoms with Crippen LogP contribution >= 0.6 is 0 Å². The van der Waals surface area contributed by atoms with E-state index in [4.69, 9.17) is 10.2 Å². The van der Waals surface area contributed by atoms with Gasteiger partial charge in [-0.3, -0.25) is 0 Å². The molecule has 0 spiro atoms. The van der Waals surface area contributed by atoms with Crippen LogP contribution in [0.2, 0.25) is 0 Å². The number of oxazole rings is 1. The molecule has 0 bridgehead atoms. The van der Waals surface area contributed by atoms with Gasteiger partial charge in [0.2, 0.25) is 0 Å². The van der Waals surface area contributed by atoms with Crippen LogP contribution in [0, 0.1) is 6.92 Å². The van der Waals surface area contributed by atoms with Crippen molar-refractivity contribution in [2.24, 2.45) is 0 Å². The number of nitrogen functional groups attached to an aromatic ring is 1. The SMILES string of the molecule is CCc1nc(N)oc1-c1c(C)[nH]c2ccccc12. The maximum absolute atomic E-state index is 5.67. The first-order valence-electron chi connectivity index (χ1n) is 6.03. The summed E-state index contributed by atoms with van der Waals surface area (Å²) in [6, 6.07) is 8.39. The van der Waals surface area contributed by atoms with Crippen LogP contribution in [-0.4, -0.2) is 9.97 Å². The Morgan fingerprint density at radius 2 is 2.11 bits per heavy atom. The summed E-state index contributed by atoms with van der Waals surface area (Å²) in [4.78, 5) is 7.59. The molecule has 3 rings (SSSR count). The number of benzene rings is 1. The smallest absolute Gasteiger partial charge is 0.292 e. The van der Waals surface area contributed by atoms with Crippen molar-refractivity contribution in [2.75, 3.05) is 5.73 Å². The van der Waals surface area contributed by atoms with Gasteiger partial charge in [0.25, 0.3) is 6.01 Å². The number of aryl methyl sites for hydroxylation is 2. The van der Waals surface area contributed by atoms with Gasteiger partial charge in [0.15, 0.2) is 5.76 Å². The molecule has 0 saturated carbocycles. The van der Waals surface area contributed by atoms with E-state index in [1.54, 1.807) is 0 Å². The molecule has 2 heterocycles. The second kappa shape index (κ2) is 3.91. The third kappa shape index (κ3) is 1.49. The standard InChI is InChI=1S/C14H15N3O/c1-3-10-13(18-14(15)17-10)12-8(2)16-11-7-5-4-6-9(11)12/h4-7,16H,3H2,1-2H3,(H2,15,17). The van der Waals surface area contributed by atoms with Crippen LogP contribution in [0.25, 0.3) is 22.2 Å². The van der Waals surface area contributed by atoms with Crippen LogP contribution < -0.4 is 5.73 Å². The summed E-state index contributed by atoms with van der Waals surface area (Å²) in [5.41, 5.74) is 9.80. The Bertz CT molecular complexity index is 709. The zero-order valence-corrected chi connectivity index (χ0v) is 10.4. The van der Waals surface area contributed by atoms with Crippen LogP contribution in [0.15, 0.2) is 28.7 Å². The zero-order chi connectivity index (χ0) is 12.7. The highest BCUT2D eigenvalue weighted by Gasteiger charge is 2.18. The van der Waals surface area contributed by atoms with Gasteiger partial charge < -0.3 is 15.1 Å². The Kier molecular flexibility index (Phi) is 2.37. The van der Waals surface area contributed by atoms with Crippen LogP contribution in [-0.2, 0) is 6.42 Å². The lowest BCUT2D eigenvalue weighted by Crippen LogP contribution is -1.86. The average molecular weight is 241 g/mol.